The number of para-hydroxylation sites is 1. The maximum atomic E-state index is 13.4. The molecule has 0 unspecified atom stereocenters. The van der Waals surface area contributed by atoms with Crippen LogP contribution in [0.4, 0.5) is 0 Å². The molecule has 0 saturated heterocycles. The van der Waals surface area contributed by atoms with Crippen LogP contribution in [0.2, 0.25) is 0 Å². The molecule has 1 amide bonds. The average Bonchev–Trinajstić information content (AvgIpc) is 3.36. The minimum atomic E-state index is -0.107. The van der Waals surface area contributed by atoms with Gasteiger partial charge in [-0.05, 0) is 37.5 Å². The van der Waals surface area contributed by atoms with Crippen LogP contribution in [0.1, 0.15) is 35.3 Å². The second kappa shape index (κ2) is 8.35. The number of hydrogen-bond acceptors (Lipinski definition) is 3. The number of fused-ring (bicyclic) bond motifs is 1. The molecule has 29 heavy (non-hydrogen) atoms. The first-order valence-corrected chi connectivity index (χ1v) is 9.91. The van der Waals surface area contributed by atoms with E-state index in [1.165, 1.54) is 5.56 Å². The van der Waals surface area contributed by atoms with Crippen molar-refractivity contribution in [2.45, 2.75) is 32.4 Å². The van der Waals surface area contributed by atoms with Crippen molar-refractivity contribution in [2.24, 2.45) is 7.05 Å². The zero-order valence-corrected chi connectivity index (χ0v) is 16.8. The normalized spacial score (nSPS) is 12.2. The number of aromatic nitrogens is 2. The van der Waals surface area contributed by atoms with Crippen LogP contribution in [0.15, 0.2) is 77.5 Å². The highest BCUT2D eigenvalue weighted by atomic mass is 16.3. The summed E-state index contributed by atoms with van der Waals surface area (Å²) in [6.07, 6.45) is 5.43. The zero-order valence-electron chi connectivity index (χ0n) is 16.8. The van der Waals surface area contributed by atoms with E-state index in [9.17, 15) is 4.79 Å². The Morgan fingerprint density at radius 1 is 1.14 bits per heavy atom. The first kappa shape index (κ1) is 19.0. The van der Waals surface area contributed by atoms with Crippen molar-refractivity contribution in [1.29, 1.82) is 0 Å². The maximum absolute atomic E-state index is 13.4. The Hall–Kier alpha value is -3.34. The van der Waals surface area contributed by atoms with Crippen molar-refractivity contribution >= 4 is 16.9 Å². The first-order chi connectivity index (χ1) is 14.1. The van der Waals surface area contributed by atoms with E-state index in [0.717, 1.165) is 29.6 Å². The molecule has 0 aliphatic carbocycles. The SMILES string of the molecule is C[C@@H](CCc1ccccc1)N(Cc1nccn1C)C(=O)c1cc2ccccc2o1. The number of imidazole rings is 1. The highest BCUT2D eigenvalue weighted by Crippen LogP contribution is 2.23. The third kappa shape index (κ3) is 4.24. The Labute approximate surface area is 170 Å². The van der Waals surface area contributed by atoms with E-state index < -0.39 is 0 Å². The van der Waals surface area contributed by atoms with Gasteiger partial charge in [-0.1, -0.05) is 48.5 Å². The van der Waals surface area contributed by atoms with Crippen molar-refractivity contribution in [3.63, 3.8) is 0 Å². The van der Waals surface area contributed by atoms with Crippen LogP contribution >= 0.6 is 0 Å². The molecule has 0 saturated carbocycles. The monoisotopic (exact) mass is 387 g/mol. The van der Waals surface area contributed by atoms with Gasteiger partial charge in [0.2, 0.25) is 0 Å². The van der Waals surface area contributed by atoms with Crippen LogP contribution in [0.5, 0.6) is 0 Å². The summed E-state index contributed by atoms with van der Waals surface area (Å²) in [6.45, 7) is 2.53. The molecule has 0 bridgehead atoms. The third-order valence-corrected chi connectivity index (χ3v) is 5.36. The summed E-state index contributed by atoms with van der Waals surface area (Å²) in [6, 6.07) is 19.9. The van der Waals surface area contributed by atoms with Crippen LogP contribution in [-0.2, 0) is 20.0 Å². The van der Waals surface area contributed by atoms with Gasteiger partial charge in [-0.25, -0.2) is 4.98 Å². The minimum absolute atomic E-state index is 0.0348. The molecule has 0 aliphatic heterocycles. The lowest BCUT2D eigenvalue weighted by Gasteiger charge is -2.28. The van der Waals surface area contributed by atoms with Gasteiger partial charge in [-0.2, -0.15) is 0 Å². The summed E-state index contributed by atoms with van der Waals surface area (Å²) < 4.78 is 7.80. The first-order valence-electron chi connectivity index (χ1n) is 9.91. The lowest BCUT2D eigenvalue weighted by Crippen LogP contribution is -2.39. The molecule has 1 atom stereocenters. The maximum Gasteiger partial charge on any atom is 0.290 e. The van der Waals surface area contributed by atoms with Crippen LogP contribution < -0.4 is 0 Å². The number of furan rings is 1. The van der Waals surface area contributed by atoms with Gasteiger partial charge in [0.25, 0.3) is 5.91 Å². The molecule has 5 nitrogen and oxygen atoms in total. The predicted molar refractivity (Wildman–Crippen MR) is 114 cm³/mol. The number of benzene rings is 2. The van der Waals surface area contributed by atoms with Gasteiger partial charge in [0.15, 0.2) is 5.76 Å². The number of aryl methyl sites for hydroxylation is 2. The largest absolute Gasteiger partial charge is 0.451 e. The number of hydrogen-bond donors (Lipinski definition) is 0. The molecule has 0 N–H and O–H groups in total. The van der Waals surface area contributed by atoms with Crippen molar-refractivity contribution in [3.05, 3.63) is 90.2 Å². The Morgan fingerprint density at radius 2 is 1.90 bits per heavy atom. The molecule has 148 valence electrons. The quantitative estimate of drug-likeness (QED) is 0.456. The van der Waals surface area contributed by atoms with Crippen molar-refractivity contribution < 1.29 is 9.21 Å². The molecule has 4 aromatic rings. The van der Waals surface area contributed by atoms with Crippen LogP contribution in [-0.4, -0.2) is 26.4 Å². The van der Waals surface area contributed by atoms with E-state index in [1.54, 1.807) is 6.20 Å². The number of carbonyl (C=O) groups excluding carboxylic acids is 1. The standard InChI is InChI=1S/C24H25N3O2/c1-18(12-13-19-8-4-3-5-9-19)27(17-23-25-14-15-26(23)2)24(28)22-16-20-10-6-7-11-21(20)29-22/h3-11,14-16,18H,12-13,17H2,1-2H3/t18-/m0/s1. The minimum Gasteiger partial charge on any atom is -0.451 e. The average molecular weight is 387 g/mol. The molecule has 2 aromatic heterocycles. The number of amides is 1. The van der Waals surface area contributed by atoms with Gasteiger partial charge in [0, 0.05) is 30.9 Å². The Bertz CT molecular complexity index is 1060. The number of nitrogens with zero attached hydrogens (tertiary/aromatic N) is 3. The van der Waals surface area contributed by atoms with E-state index in [0.29, 0.717) is 12.3 Å². The highest BCUT2D eigenvalue weighted by molar-refractivity contribution is 5.96. The summed E-state index contributed by atoms with van der Waals surface area (Å²) in [5.41, 5.74) is 2.00. The third-order valence-electron chi connectivity index (χ3n) is 5.36. The van der Waals surface area contributed by atoms with Gasteiger partial charge >= 0.3 is 0 Å². The molecular formula is C24H25N3O2. The van der Waals surface area contributed by atoms with E-state index in [1.807, 2.05) is 71.2 Å². The number of rotatable bonds is 7. The summed E-state index contributed by atoms with van der Waals surface area (Å²) in [7, 11) is 1.95. The second-order valence-electron chi connectivity index (χ2n) is 7.41. The van der Waals surface area contributed by atoms with E-state index >= 15 is 0 Å². The van der Waals surface area contributed by atoms with Crippen LogP contribution in [0, 0.1) is 0 Å². The fraction of sp³-hybridized carbons (Fsp3) is 0.250. The zero-order chi connectivity index (χ0) is 20.2. The molecule has 4 rings (SSSR count). The Morgan fingerprint density at radius 3 is 2.62 bits per heavy atom. The lowest BCUT2D eigenvalue weighted by atomic mass is 10.0. The predicted octanol–water partition coefficient (Wildman–Crippen LogP) is 4.83. The van der Waals surface area contributed by atoms with E-state index in [4.69, 9.17) is 4.42 Å². The van der Waals surface area contributed by atoms with Gasteiger partial charge in [-0.3, -0.25) is 4.79 Å². The van der Waals surface area contributed by atoms with Gasteiger partial charge in [0.05, 0.1) is 6.54 Å². The lowest BCUT2D eigenvalue weighted by molar-refractivity contribution is 0.0629. The number of carbonyl (C=O) groups is 1. The molecule has 0 fully saturated rings. The summed E-state index contributed by atoms with van der Waals surface area (Å²) in [4.78, 5) is 19.7. The van der Waals surface area contributed by atoms with Crippen LogP contribution in [0.3, 0.4) is 0 Å². The second-order valence-corrected chi connectivity index (χ2v) is 7.41. The van der Waals surface area contributed by atoms with E-state index in [2.05, 4.69) is 24.0 Å². The van der Waals surface area contributed by atoms with Gasteiger partial charge < -0.3 is 13.9 Å². The Balaban J connectivity index is 1.58. The summed E-state index contributed by atoms with van der Waals surface area (Å²) >= 11 is 0. The fourth-order valence-corrected chi connectivity index (χ4v) is 3.53. The van der Waals surface area contributed by atoms with Crippen LogP contribution in [0.25, 0.3) is 11.0 Å². The van der Waals surface area contributed by atoms with Crippen molar-refractivity contribution in [2.75, 3.05) is 0 Å². The molecule has 0 aliphatic rings. The Kier molecular flexibility index (Phi) is 5.47. The molecule has 2 heterocycles. The van der Waals surface area contributed by atoms with Gasteiger partial charge in [0.1, 0.15) is 11.4 Å². The smallest absolute Gasteiger partial charge is 0.290 e. The molecule has 0 spiro atoms. The molecule has 2 aromatic carbocycles. The highest BCUT2D eigenvalue weighted by Gasteiger charge is 2.26. The topological polar surface area (TPSA) is 51.3 Å². The molecule has 0 radical (unpaired) electrons. The van der Waals surface area contributed by atoms with Crippen molar-refractivity contribution in [1.82, 2.24) is 14.5 Å². The van der Waals surface area contributed by atoms with Gasteiger partial charge in [-0.15, -0.1) is 0 Å². The van der Waals surface area contributed by atoms with E-state index in [-0.39, 0.29) is 11.9 Å². The molecule has 5 heteroatoms. The van der Waals surface area contributed by atoms with Crippen molar-refractivity contribution in [3.8, 4) is 0 Å². The summed E-state index contributed by atoms with van der Waals surface area (Å²) in [5, 5.41) is 0.935. The summed E-state index contributed by atoms with van der Waals surface area (Å²) in [5.74, 6) is 1.11. The molecular weight excluding hydrogens is 362 g/mol. The fourth-order valence-electron chi connectivity index (χ4n) is 3.53.